The van der Waals surface area contributed by atoms with E-state index in [0.717, 1.165) is 55.1 Å². The summed E-state index contributed by atoms with van der Waals surface area (Å²) in [4.78, 5) is 0. The van der Waals surface area contributed by atoms with E-state index in [1.807, 2.05) is 12.1 Å². The van der Waals surface area contributed by atoms with E-state index < -0.39 is 0 Å². The Kier molecular flexibility index (Phi) is 4.59. The zero-order valence-electron chi connectivity index (χ0n) is 14.3. The summed E-state index contributed by atoms with van der Waals surface area (Å²) in [5.74, 6) is 5.06. The molecule has 1 aromatic rings. The first-order valence-electron chi connectivity index (χ1n) is 9.39. The molecule has 3 heteroatoms. The first kappa shape index (κ1) is 15.5. The van der Waals surface area contributed by atoms with E-state index in [4.69, 9.17) is 4.74 Å². The molecule has 0 amide bonds. The third-order valence-electron chi connectivity index (χ3n) is 6.42. The second-order valence-electron chi connectivity index (χ2n) is 7.90. The van der Waals surface area contributed by atoms with Gasteiger partial charge in [-0.15, -0.1) is 0 Å². The predicted octanol–water partition coefficient (Wildman–Crippen LogP) is 3.20. The summed E-state index contributed by atoms with van der Waals surface area (Å²) in [6.07, 6.45) is 7.54. The fraction of sp³-hybridized carbons (Fsp3) is 0.700. The lowest BCUT2D eigenvalue weighted by Crippen LogP contribution is -2.55. The number of ether oxygens (including phenoxy) is 1. The molecule has 0 saturated heterocycles. The molecular formula is C20H30N2O. The third kappa shape index (κ3) is 3.27. The Morgan fingerprint density at radius 2 is 1.65 bits per heavy atom. The fourth-order valence-corrected chi connectivity index (χ4v) is 5.66. The smallest absolute Gasteiger partial charge is 0.123 e. The molecule has 0 spiro atoms. The molecule has 0 radical (unpaired) electrons. The molecule has 4 aliphatic carbocycles. The van der Waals surface area contributed by atoms with Crippen LogP contribution in [0.15, 0.2) is 24.3 Å². The van der Waals surface area contributed by atoms with Crippen molar-refractivity contribution in [3.63, 3.8) is 0 Å². The summed E-state index contributed by atoms with van der Waals surface area (Å²) in [5, 5.41) is 7.44. The normalized spacial score (nSPS) is 34.7. The third-order valence-corrected chi connectivity index (χ3v) is 6.42. The van der Waals surface area contributed by atoms with Gasteiger partial charge in [0.25, 0.3) is 0 Å². The summed E-state index contributed by atoms with van der Waals surface area (Å²) < 4.78 is 5.41. The summed E-state index contributed by atoms with van der Waals surface area (Å²) in [6.45, 7) is 3.00. The number of nitrogens with one attached hydrogen (secondary N) is 2. The van der Waals surface area contributed by atoms with Gasteiger partial charge in [-0.1, -0.05) is 18.2 Å². The Hall–Kier alpha value is -1.06. The Morgan fingerprint density at radius 1 is 0.957 bits per heavy atom. The first-order chi connectivity index (χ1) is 11.3. The minimum absolute atomic E-state index is 0.802. The van der Waals surface area contributed by atoms with Crippen LogP contribution < -0.4 is 15.4 Å². The van der Waals surface area contributed by atoms with Gasteiger partial charge in [-0.05, 0) is 61.8 Å². The average molecular weight is 314 g/mol. The maximum absolute atomic E-state index is 5.41. The molecule has 23 heavy (non-hydrogen) atoms. The van der Waals surface area contributed by atoms with E-state index >= 15 is 0 Å². The second-order valence-corrected chi connectivity index (χ2v) is 7.90. The number of hydrogen-bond acceptors (Lipinski definition) is 3. The van der Waals surface area contributed by atoms with Crippen LogP contribution in [0.3, 0.4) is 0 Å². The van der Waals surface area contributed by atoms with Crippen molar-refractivity contribution in [2.45, 2.75) is 44.7 Å². The summed E-state index contributed by atoms with van der Waals surface area (Å²) in [6, 6.07) is 9.07. The van der Waals surface area contributed by atoms with E-state index in [1.165, 1.54) is 31.2 Å². The minimum Gasteiger partial charge on any atom is -0.496 e. The highest BCUT2D eigenvalue weighted by molar-refractivity contribution is 5.32. The van der Waals surface area contributed by atoms with Gasteiger partial charge in [0.05, 0.1) is 7.11 Å². The molecule has 4 aliphatic rings. The monoisotopic (exact) mass is 314 g/mol. The van der Waals surface area contributed by atoms with Crippen LogP contribution in [0.1, 0.15) is 37.7 Å². The van der Waals surface area contributed by atoms with Crippen LogP contribution in [0, 0.1) is 23.7 Å². The highest BCUT2D eigenvalue weighted by Crippen LogP contribution is 2.53. The Bertz CT molecular complexity index is 502. The topological polar surface area (TPSA) is 33.3 Å². The lowest BCUT2D eigenvalue weighted by molar-refractivity contribution is -0.0133. The predicted molar refractivity (Wildman–Crippen MR) is 93.5 cm³/mol. The molecule has 0 atom stereocenters. The van der Waals surface area contributed by atoms with Crippen molar-refractivity contribution in [1.82, 2.24) is 10.6 Å². The first-order valence-corrected chi connectivity index (χ1v) is 9.39. The molecule has 0 aromatic heterocycles. The van der Waals surface area contributed by atoms with Crippen molar-refractivity contribution >= 4 is 0 Å². The van der Waals surface area contributed by atoms with Gasteiger partial charge in [-0.2, -0.15) is 0 Å². The van der Waals surface area contributed by atoms with Gasteiger partial charge >= 0.3 is 0 Å². The molecule has 0 heterocycles. The molecule has 5 rings (SSSR count). The van der Waals surface area contributed by atoms with Crippen molar-refractivity contribution in [1.29, 1.82) is 0 Å². The van der Waals surface area contributed by atoms with Gasteiger partial charge in [0.1, 0.15) is 5.75 Å². The van der Waals surface area contributed by atoms with Gasteiger partial charge < -0.3 is 15.4 Å². The van der Waals surface area contributed by atoms with Crippen LogP contribution in [0.4, 0.5) is 0 Å². The van der Waals surface area contributed by atoms with Crippen LogP contribution in [0.2, 0.25) is 0 Å². The van der Waals surface area contributed by atoms with Gasteiger partial charge in [0, 0.05) is 31.2 Å². The standard InChI is InChI=1S/C20H30N2O/c1-23-19-5-3-2-4-16(19)13-21-6-7-22-20-17-9-14-8-15(11-17)12-18(20)10-14/h2-5,14-15,17-18,20-22H,6-13H2,1H3. The largest absolute Gasteiger partial charge is 0.496 e. The van der Waals surface area contributed by atoms with Crippen molar-refractivity contribution < 1.29 is 4.74 Å². The van der Waals surface area contributed by atoms with Crippen LogP contribution in [0.25, 0.3) is 0 Å². The van der Waals surface area contributed by atoms with Gasteiger partial charge in [0.15, 0.2) is 0 Å². The summed E-state index contributed by atoms with van der Waals surface area (Å²) >= 11 is 0. The average Bonchev–Trinajstić information content (AvgIpc) is 2.56. The molecule has 0 unspecified atom stereocenters. The summed E-state index contributed by atoms with van der Waals surface area (Å²) in [5.41, 5.74) is 1.24. The maximum Gasteiger partial charge on any atom is 0.123 e. The molecule has 2 N–H and O–H groups in total. The number of hydrogen-bond donors (Lipinski definition) is 2. The second kappa shape index (κ2) is 6.82. The molecule has 1 aromatic carbocycles. The van der Waals surface area contributed by atoms with Crippen molar-refractivity contribution in [3.05, 3.63) is 29.8 Å². The van der Waals surface area contributed by atoms with E-state index in [1.54, 1.807) is 13.5 Å². The lowest BCUT2D eigenvalue weighted by Gasteiger charge is -2.54. The van der Waals surface area contributed by atoms with Crippen molar-refractivity contribution in [2.75, 3.05) is 20.2 Å². The minimum atomic E-state index is 0.802. The molecule has 3 nitrogen and oxygen atoms in total. The van der Waals surface area contributed by atoms with Crippen LogP contribution in [-0.4, -0.2) is 26.2 Å². The maximum atomic E-state index is 5.41. The zero-order valence-corrected chi connectivity index (χ0v) is 14.3. The Morgan fingerprint density at radius 3 is 2.35 bits per heavy atom. The number of rotatable bonds is 7. The number of para-hydroxylation sites is 1. The van der Waals surface area contributed by atoms with Gasteiger partial charge in [-0.3, -0.25) is 0 Å². The van der Waals surface area contributed by atoms with E-state index in [9.17, 15) is 0 Å². The SMILES string of the molecule is COc1ccccc1CNCCNC1C2CC3CC(C2)CC1C3. The molecule has 4 fully saturated rings. The molecule has 126 valence electrons. The van der Waals surface area contributed by atoms with Crippen molar-refractivity contribution in [2.24, 2.45) is 23.7 Å². The molecule has 4 bridgehead atoms. The molecule has 0 aliphatic heterocycles. The Labute approximate surface area is 140 Å². The number of methoxy groups -OCH3 is 1. The number of benzene rings is 1. The highest BCUT2D eigenvalue weighted by Gasteiger charge is 2.47. The van der Waals surface area contributed by atoms with Gasteiger partial charge in [-0.25, -0.2) is 0 Å². The zero-order chi connectivity index (χ0) is 15.6. The van der Waals surface area contributed by atoms with Crippen LogP contribution in [-0.2, 0) is 6.54 Å². The lowest BCUT2D eigenvalue weighted by atomic mass is 9.54. The van der Waals surface area contributed by atoms with Crippen LogP contribution in [0.5, 0.6) is 5.75 Å². The van der Waals surface area contributed by atoms with E-state index in [-0.39, 0.29) is 0 Å². The fourth-order valence-electron chi connectivity index (χ4n) is 5.66. The molecule has 4 saturated carbocycles. The highest BCUT2D eigenvalue weighted by atomic mass is 16.5. The van der Waals surface area contributed by atoms with Gasteiger partial charge in [0.2, 0.25) is 0 Å². The quantitative estimate of drug-likeness (QED) is 0.758. The Balaban J connectivity index is 1.21. The summed E-state index contributed by atoms with van der Waals surface area (Å²) in [7, 11) is 1.74. The van der Waals surface area contributed by atoms with Crippen LogP contribution >= 0.6 is 0 Å². The molecular weight excluding hydrogens is 284 g/mol. The van der Waals surface area contributed by atoms with E-state index in [2.05, 4.69) is 22.8 Å². The van der Waals surface area contributed by atoms with E-state index in [0.29, 0.717) is 0 Å². The van der Waals surface area contributed by atoms with Crippen molar-refractivity contribution in [3.8, 4) is 5.75 Å².